The van der Waals surface area contributed by atoms with Crippen molar-refractivity contribution in [2.24, 2.45) is 4.99 Å². The maximum Gasteiger partial charge on any atom is 0.315 e. The van der Waals surface area contributed by atoms with Crippen LogP contribution in [0.5, 0.6) is 0 Å². The van der Waals surface area contributed by atoms with Crippen molar-refractivity contribution < 1.29 is 8.98 Å². The van der Waals surface area contributed by atoms with E-state index in [1.807, 2.05) is 0 Å². The Labute approximate surface area is 58.7 Å². The summed E-state index contributed by atoms with van der Waals surface area (Å²) in [6.07, 6.45) is 0. The van der Waals surface area contributed by atoms with Crippen molar-refractivity contribution in [3.8, 4) is 0 Å². The normalized spacial score (nSPS) is 11.2. The molecule has 0 aliphatic heterocycles. The summed E-state index contributed by atoms with van der Waals surface area (Å²) in [5.41, 5.74) is 0. The zero-order valence-corrected chi connectivity index (χ0v) is 6.49. The Hall–Kier alpha value is -0.510. The van der Waals surface area contributed by atoms with Gasteiger partial charge in [-0.15, -0.1) is 0 Å². The Kier molecular flexibility index (Phi) is 4.13. The largest absolute Gasteiger partial charge is 0.385 e. The van der Waals surface area contributed by atoms with Gasteiger partial charge in [0.15, 0.2) is 0 Å². The maximum absolute atomic E-state index is 10.2. The fraction of sp³-hybridized carbons (Fsp3) is 0.600. The van der Waals surface area contributed by atoms with Crippen LogP contribution in [0.15, 0.2) is 4.99 Å². The first-order valence-corrected chi connectivity index (χ1v) is 3.19. The molecule has 0 heterocycles. The van der Waals surface area contributed by atoms with Crippen molar-refractivity contribution in [3.63, 3.8) is 0 Å². The lowest BCUT2D eigenvalue weighted by atomic mass is 10.9. The lowest BCUT2D eigenvalue weighted by Gasteiger charge is -1.94. The van der Waals surface area contributed by atoms with Crippen LogP contribution in [-0.4, -0.2) is 18.1 Å². The SMILES string of the molecule is CN=C(C)SOC(C)=O. The van der Waals surface area contributed by atoms with Crippen molar-refractivity contribution in [3.05, 3.63) is 0 Å². The minimum absolute atomic E-state index is 0.303. The van der Waals surface area contributed by atoms with Crippen molar-refractivity contribution in [1.82, 2.24) is 0 Å². The van der Waals surface area contributed by atoms with E-state index in [4.69, 9.17) is 0 Å². The summed E-state index contributed by atoms with van der Waals surface area (Å²) in [5.74, 6) is -0.303. The predicted octanol–water partition coefficient (Wildman–Crippen LogP) is 1.25. The molecule has 9 heavy (non-hydrogen) atoms. The van der Waals surface area contributed by atoms with Gasteiger partial charge in [0.2, 0.25) is 0 Å². The van der Waals surface area contributed by atoms with E-state index in [9.17, 15) is 4.79 Å². The second-order valence-electron chi connectivity index (χ2n) is 1.40. The Bertz CT molecular complexity index is 133. The zero-order valence-electron chi connectivity index (χ0n) is 5.67. The molecule has 0 saturated carbocycles. The highest BCUT2D eigenvalue weighted by atomic mass is 32.2. The van der Waals surface area contributed by atoms with Crippen LogP contribution in [0, 0.1) is 0 Å². The van der Waals surface area contributed by atoms with Gasteiger partial charge in [-0.25, -0.2) is 0 Å². The van der Waals surface area contributed by atoms with Gasteiger partial charge in [0, 0.05) is 14.0 Å². The highest BCUT2D eigenvalue weighted by molar-refractivity contribution is 8.10. The van der Waals surface area contributed by atoms with Gasteiger partial charge >= 0.3 is 5.97 Å². The van der Waals surface area contributed by atoms with Gasteiger partial charge in [0.1, 0.15) is 17.1 Å². The van der Waals surface area contributed by atoms with Gasteiger partial charge in [-0.3, -0.25) is 9.79 Å². The van der Waals surface area contributed by atoms with E-state index in [1.165, 1.54) is 6.92 Å². The molecule has 0 aromatic carbocycles. The summed E-state index contributed by atoms with van der Waals surface area (Å²) in [6, 6.07) is 0. The molecule has 0 aliphatic carbocycles. The molecule has 0 unspecified atom stereocenters. The molecule has 0 N–H and O–H groups in total. The van der Waals surface area contributed by atoms with Crippen molar-refractivity contribution in [2.75, 3.05) is 7.05 Å². The molecule has 3 nitrogen and oxygen atoms in total. The topological polar surface area (TPSA) is 38.7 Å². The van der Waals surface area contributed by atoms with E-state index in [2.05, 4.69) is 9.18 Å². The molecular weight excluding hydrogens is 138 g/mol. The smallest absolute Gasteiger partial charge is 0.315 e. The summed E-state index contributed by atoms with van der Waals surface area (Å²) >= 11 is 0.985. The molecule has 0 fully saturated rings. The quantitative estimate of drug-likeness (QED) is 0.294. The predicted molar refractivity (Wildman–Crippen MR) is 38.4 cm³/mol. The molecule has 0 amide bonds. The van der Waals surface area contributed by atoms with Crippen molar-refractivity contribution in [1.29, 1.82) is 0 Å². The molecule has 0 atom stereocenters. The average molecular weight is 147 g/mol. The van der Waals surface area contributed by atoms with Gasteiger partial charge in [0.05, 0.1) is 0 Å². The van der Waals surface area contributed by atoms with Crippen molar-refractivity contribution in [2.45, 2.75) is 13.8 Å². The molecule has 0 aromatic rings. The van der Waals surface area contributed by atoms with Gasteiger partial charge in [-0.05, 0) is 6.92 Å². The Morgan fingerprint density at radius 3 is 2.44 bits per heavy atom. The van der Waals surface area contributed by atoms with E-state index in [0.717, 1.165) is 17.1 Å². The molecule has 52 valence electrons. The van der Waals surface area contributed by atoms with Gasteiger partial charge in [0.25, 0.3) is 0 Å². The molecule has 0 aromatic heterocycles. The summed E-state index contributed by atoms with van der Waals surface area (Å²) < 4.78 is 4.54. The first-order valence-electron chi connectivity index (χ1n) is 2.45. The number of hydrogen-bond donors (Lipinski definition) is 0. The maximum atomic E-state index is 10.2. The zero-order chi connectivity index (χ0) is 7.28. The second kappa shape index (κ2) is 4.38. The minimum Gasteiger partial charge on any atom is -0.385 e. The van der Waals surface area contributed by atoms with Crippen molar-refractivity contribution >= 4 is 23.1 Å². The van der Waals surface area contributed by atoms with Crippen LogP contribution < -0.4 is 0 Å². The summed E-state index contributed by atoms with van der Waals surface area (Å²) in [6.45, 7) is 3.13. The minimum atomic E-state index is -0.303. The average Bonchev–Trinajstić information content (AvgIpc) is 1.83. The number of aliphatic imine (C=N–C) groups is 1. The molecule has 0 radical (unpaired) electrons. The van der Waals surface area contributed by atoms with E-state index >= 15 is 0 Å². The lowest BCUT2D eigenvalue weighted by Crippen LogP contribution is -1.92. The van der Waals surface area contributed by atoms with Gasteiger partial charge < -0.3 is 4.18 Å². The molecule has 0 saturated heterocycles. The molecule has 4 heteroatoms. The van der Waals surface area contributed by atoms with Gasteiger partial charge in [-0.2, -0.15) is 0 Å². The standard InChI is InChI=1S/C5H9NO2S/c1-4(6-3)9-8-5(2)7/h1-3H3. The molecular formula is C5H9NO2S. The van der Waals surface area contributed by atoms with Crippen LogP contribution in [0.4, 0.5) is 0 Å². The monoisotopic (exact) mass is 147 g/mol. The summed E-state index contributed by atoms with van der Waals surface area (Å²) in [7, 11) is 1.64. The number of nitrogens with zero attached hydrogens (tertiary/aromatic N) is 1. The Morgan fingerprint density at radius 2 is 2.11 bits per heavy atom. The first-order chi connectivity index (χ1) is 4.16. The summed E-state index contributed by atoms with van der Waals surface area (Å²) in [5, 5.41) is 0.741. The van der Waals surface area contributed by atoms with E-state index in [0.29, 0.717) is 0 Å². The second-order valence-corrected chi connectivity index (χ2v) is 2.33. The third-order valence-corrected chi connectivity index (χ3v) is 1.34. The molecule has 0 bridgehead atoms. The van der Waals surface area contributed by atoms with Crippen LogP contribution in [0.1, 0.15) is 13.8 Å². The molecule has 0 aliphatic rings. The van der Waals surface area contributed by atoms with E-state index < -0.39 is 0 Å². The number of rotatable bonds is 0. The van der Waals surface area contributed by atoms with Crippen LogP contribution in [0.3, 0.4) is 0 Å². The third kappa shape index (κ3) is 5.36. The van der Waals surface area contributed by atoms with Crippen LogP contribution >= 0.6 is 12.0 Å². The Balaban J connectivity index is 3.39. The van der Waals surface area contributed by atoms with Crippen LogP contribution in [0.25, 0.3) is 0 Å². The first kappa shape index (κ1) is 8.49. The fourth-order valence-electron chi connectivity index (χ4n) is 0.156. The Morgan fingerprint density at radius 1 is 1.56 bits per heavy atom. The third-order valence-electron chi connectivity index (χ3n) is 0.595. The summed E-state index contributed by atoms with van der Waals surface area (Å²) in [4.78, 5) is 13.9. The number of hydrogen-bond acceptors (Lipinski definition) is 4. The lowest BCUT2D eigenvalue weighted by molar-refractivity contribution is -0.130. The fourth-order valence-corrected chi connectivity index (χ4v) is 0.469. The molecule has 0 rings (SSSR count). The molecule has 0 spiro atoms. The highest BCUT2D eigenvalue weighted by Gasteiger charge is 1.94. The van der Waals surface area contributed by atoms with Crippen LogP contribution in [0.2, 0.25) is 0 Å². The highest BCUT2D eigenvalue weighted by Crippen LogP contribution is 2.04. The van der Waals surface area contributed by atoms with E-state index in [1.54, 1.807) is 14.0 Å². The van der Waals surface area contributed by atoms with Gasteiger partial charge in [-0.1, -0.05) is 0 Å². The number of carbonyl (C=O) groups excluding carboxylic acids is 1. The van der Waals surface area contributed by atoms with Crippen LogP contribution in [-0.2, 0) is 8.98 Å². The van der Waals surface area contributed by atoms with E-state index in [-0.39, 0.29) is 5.97 Å². The number of carbonyl (C=O) groups is 1.